The van der Waals surface area contributed by atoms with E-state index in [1.807, 2.05) is 18.2 Å². The molecule has 1 heterocycles. The molecule has 0 spiro atoms. The molecule has 0 aliphatic carbocycles. The first-order valence-electron chi connectivity index (χ1n) is 6.28. The Labute approximate surface area is 124 Å². The van der Waals surface area contributed by atoms with Crippen molar-refractivity contribution in [1.82, 2.24) is 4.98 Å². The molecule has 0 radical (unpaired) electrons. The molecule has 0 bridgehead atoms. The number of hydrogen-bond donors (Lipinski definition) is 1. The molecule has 21 heavy (non-hydrogen) atoms. The number of nitrogens with zero attached hydrogens (tertiary/aromatic N) is 1. The van der Waals surface area contributed by atoms with Gasteiger partial charge in [0, 0.05) is 18.2 Å². The van der Waals surface area contributed by atoms with Crippen molar-refractivity contribution < 1.29 is 13.5 Å². The molecule has 2 aromatic carbocycles. The summed E-state index contributed by atoms with van der Waals surface area (Å²) in [5.41, 5.74) is 1.25. The highest BCUT2D eigenvalue weighted by molar-refractivity contribution is 7.22. The van der Waals surface area contributed by atoms with Gasteiger partial charge in [-0.05, 0) is 24.3 Å². The molecule has 3 aromatic rings. The van der Waals surface area contributed by atoms with Crippen LogP contribution in [0.2, 0.25) is 0 Å². The van der Waals surface area contributed by atoms with E-state index in [9.17, 15) is 8.78 Å². The van der Waals surface area contributed by atoms with Gasteiger partial charge in [0.2, 0.25) is 0 Å². The van der Waals surface area contributed by atoms with Gasteiger partial charge in [-0.2, -0.15) is 0 Å². The second-order valence-corrected chi connectivity index (χ2v) is 5.47. The lowest BCUT2D eigenvalue weighted by Crippen LogP contribution is -2.01. The highest BCUT2D eigenvalue weighted by Gasteiger charge is 2.07. The largest absolute Gasteiger partial charge is 0.497 e. The van der Waals surface area contributed by atoms with Crippen molar-refractivity contribution >= 4 is 26.7 Å². The van der Waals surface area contributed by atoms with E-state index in [1.54, 1.807) is 7.11 Å². The van der Waals surface area contributed by atoms with Crippen LogP contribution in [-0.2, 0) is 6.54 Å². The van der Waals surface area contributed by atoms with E-state index in [4.69, 9.17) is 4.74 Å². The zero-order valence-corrected chi connectivity index (χ0v) is 12.0. The number of ether oxygens (including phenoxy) is 1. The van der Waals surface area contributed by atoms with E-state index in [-0.39, 0.29) is 6.54 Å². The predicted octanol–water partition coefficient (Wildman–Crippen LogP) is 4.20. The molecule has 3 nitrogen and oxygen atoms in total. The smallest absolute Gasteiger partial charge is 0.184 e. The molecular formula is C15H12F2N2OS. The minimum atomic E-state index is -0.580. The molecule has 0 unspecified atom stereocenters. The van der Waals surface area contributed by atoms with Crippen molar-refractivity contribution in [3.05, 3.63) is 53.6 Å². The maximum absolute atomic E-state index is 13.5. The van der Waals surface area contributed by atoms with Gasteiger partial charge in [-0.25, -0.2) is 13.8 Å². The average Bonchev–Trinajstić information content (AvgIpc) is 2.88. The minimum absolute atomic E-state index is 0.253. The first kappa shape index (κ1) is 13.8. The molecule has 1 aromatic heterocycles. The van der Waals surface area contributed by atoms with Crippen LogP contribution in [0, 0.1) is 11.6 Å². The van der Waals surface area contributed by atoms with Crippen LogP contribution in [0.5, 0.6) is 5.75 Å². The maximum Gasteiger partial charge on any atom is 0.184 e. The number of rotatable bonds is 4. The normalized spacial score (nSPS) is 10.8. The van der Waals surface area contributed by atoms with E-state index < -0.39 is 11.6 Å². The predicted molar refractivity (Wildman–Crippen MR) is 79.9 cm³/mol. The summed E-state index contributed by atoms with van der Waals surface area (Å²) >= 11 is 1.46. The number of fused-ring (bicyclic) bond motifs is 1. The van der Waals surface area contributed by atoms with E-state index in [1.165, 1.54) is 23.5 Å². The lowest BCUT2D eigenvalue weighted by molar-refractivity contribution is 0.415. The lowest BCUT2D eigenvalue weighted by atomic mass is 10.2. The summed E-state index contributed by atoms with van der Waals surface area (Å²) < 4.78 is 32.5. The quantitative estimate of drug-likeness (QED) is 0.784. The minimum Gasteiger partial charge on any atom is -0.497 e. The monoisotopic (exact) mass is 306 g/mol. The summed E-state index contributed by atoms with van der Waals surface area (Å²) in [5, 5.41) is 3.73. The Morgan fingerprint density at radius 1 is 1.19 bits per heavy atom. The van der Waals surface area contributed by atoms with Crippen molar-refractivity contribution in [3.8, 4) is 5.75 Å². The maximum atomic E-state index is 13.5. The fourth-order valence-corrected chi connectivity index (χ4v) is 2.83. The second kappa shape index (κ2) is 5.65. The van der Waals surface area contributed by atoms with Crippen molar-refractivity contribution in [1.29, 1.82) is 0 Å². The highest BCUT2D eigenvalue weighted by Crippen LogP contribution is 2.29. The molecule has 3 rings (SSSR count). The van der Waals surface area contributed by atoms with E-state index >= 15 is 0 Å². The summed E-state index contributed by atoms with van der Waals surface area (Å²) in [7, 11) is 1.61. The second-order valence-electron chi connectivity index (χ2n) is 4.44. The Balaban J connectivity index is 1.78. The highest BCUT2D eigenvalue weighted by atomic mass is 32.1. The molecule has 0 aliphatic heterocycles. The van der Waals surface area contributed by atoms with Crippen molar-refractivity contribution in [2.75, 3.05) is 12.4 Å². The van der Waals surface area contributed by atoms with Gasteiger partial charge in [-0.3, -0.25) is 0 Å². The van der Waals surface area contributed by atoms with Crippen molar-refractivity contribution in [2.45, 2.75) is 6.54 Å². The van der Waals surface area contributed by atoms with Crippen LogP contribution >= 0.6 is 11.3 Å². The molecule has 1 N–H and O–H groups in total. The average molecular weight is 306 g/mol. The third kappa shape index (κ3) is 2.95. The van der Waals surface area contributed by atoms with Gasteiger partial charge >= 0.3 is 0 Å². The summed E-state index contributed by atoms with van der Waals surface area (Å²) in [5.74, 6) is -0.379. The van der Waals surface area contributed by atoms with Crippen LogP contribution in [0.4, 0.5) is 13.9 Å². The van der Waals surface area contributed by atoms with E-state index in [0.717, 1.165) is 22.0 Å². The number of benzene rings is 2. The molecule has 0 aliphatic rings. The number of anilines is 1. The zero-order valence-electron chi connectivity index (χ0n) is 11.2. The van der Waals surface area contributed by atoms with Crippen molar-refractivity contribution in [3.63, 3.8) is 0 Å². The fourth-order valence-electron chi connectivity index (χ4n) is 1.94. The first-order valence-corrected chi connectivity index (χ1v) is 7.10. The van der Waals surface area contributed by atoms with Gasteiger partial charge in [0.15, 0.2) is 5.13 Å². The van der Waals surface area contributed by atoms with Crippen LogP contribution in [0.15, 0.2) is 36.4 Å². The third-order valence-corrected chi connectivity index (χ3v) is 4.02. The van der Waals surface area contributed by atoms with Crippen LogP contribution in [-0.4, -0.2) is 12.1 Å². The zero-order chi connectivity index (χ0) is 14.8. The number of methoxy groups -OCH3 is 1. The van der Waals surface area contributed by atoms with Crippen LogP contribution in [0.3, 0.4) is 0 Å². The Morgan fingerprint density at radius 3 is 2.81 bits per heavy atom. The number of aromatic nitrogens is 1. The van der Waals surface area contributed by atoms with Gasteiger partial charge in [0.05, 0.1) is 17.3 Å². The number of nitrogens with one attached hydrogen (secondary N) is 1. The Hall–Kier alpha value is -2.21. The van der Waals surface area contributed by atoms with Crippen LogP contribution in [0.1, 0.15) is 5.56 Å². The fraction of sp³-hybridized carbons (Fsp3) is 0.133. The van der Waals surface area contributed by atoms with Crippen LogP contribution in [0.25, 0.3) is 10.2 Å². The van der Waals surface area contributed by atoms with Gasteiger partial charge < -0.3 is 10.1 Å². The van der Waals surface area contributed by atoms with Crippen molar-refractivity contribution in [2.24, 2.45) is 0 Å². The number of hydrogen-bond acceptors (Lipinski definition) is 4. The summed E-state index contributed by atoms with van der Waals surface area (Å²) in [6.07, 6.45) is 0. The molecule has 6 heteroatoms. The first-order chi connectivity index (χ1) is 10.2. The molecule has 0 saturated heterocycles. The third-order valence-electron chi connectivity index (χ3n) is 3.04. The Kier molecular flexibility index (Phi) is 3.70. The molecule has 108 valence electrons. The molecule has 0 atom stereocenters. The molecular weight excluding hydrogens is 294 g/mol. The summed E-state index contributed by atoms with van der Waals surface area (Å²) in [6, 6.07) is 9.15. The Morgan fingerprint density at radius 2 is 2.05 bits per heavy atom. The molecule has 0 fully saturated rings. The Bertz CT molecular complexity index is 788. The topological polar surface area (TPSA) is 34.1 Å². The van der Waals surface area contributed by atoms with Gasteiger partial charge in [0.1, 0.15) is 17.4 Å². The lowest BCUT2D eigenvalue weighted by Gasteiger charge is -2.04. The van der Waals surface area contributed by atoms with Crippen LogP contribution < -0.4 is 10.1 Å². The van der Waals surface area contributed by atoms with Gasteiger partial charge in [0.25, 0.3) is 0 Å². The molecule has 0 saturated carbocycles. The van der Waals surface area contributed by atoms with Gasteiger partial charge in [-0.1, -0.05) is 17.4 Å². The molecule has 0 amide bonds. The van der Waals surface area contributed by atoms with E-state index in [2.05, 4.69) is 10.3 Å². The SMILES string of the molecule is COc1ccc2nc(NCc3ccc(F)cc3F)sc2c1. The van der Waals surface area contributed by atoms with Gasteiger partial charge in [-0.15, -0.1) is 0 Å². The van der Waals surface area contributed by atoms with E-state index in [0.29, 0.717) is 10.7 Å². The number of halogens is 2. The summed E-state index contributed by atoms with van der Waals surface area (Å²) in [4.78, 5) is 4.41. The summed E-state index contributed by atoms with van der Waals surface area (Å²) in [6.45, 7) is 0.253. The number of thiazole rings is 1. The standard InChI is InChI=1S/C15H12F2N2OS/c1-20-11-4-5-13-14(7-11)21-15(19-13)18-8-9-2-3-10(16)6-12(9)17/h2-7H,8H2,1H3,(H,18,19).